The van der Waals surface area contributed by atoms with Crippen molar-refractivity contribution in [2.45, 2.75) is 26.7 Å². The van der Waals surface area contributed by atoms with Gasteiger partial charge in [-0.25, -0.2) is 0 Å². The largest absolute Gasteiger partial charge is 0.352 e. The fraction of sp³-hybridized carbons (Fsp3) is 0.357. The van der Waals surface area contributed by atoms with E-state index in [-0.39, 0.29) is 18.4 Å². The van der Waals surface area contributed by atoms with Crippen LogP contribution in [0.4, 0.5) is 5.82 Å². The Balaban J connectivity index is 1.35. The number of aryl methyl sites for hydroxylation is 1. The molecule has 4 rings (SSSR count). The lowest BCUT2D eigenvalue weighted by molar-refractivity contribution is -0.132. The van der Waals surface area contributed by atoms with Gasteiger partial charge in [-0.2, -0.15) is 0 Å². The lowest BCUT2D eigenvalue weighted by atomic mass is 10.1. The van der Waals surface area contributed by atoms with Crippen molar-refractivity contribution in [3.8, 4) is 11.3 Å². The van der Waals surface area contributed by atoms with E-state index < -0.39 is 0 Å². The fourth-order valence-corrected chi connectivity index (χ4v) is 4.44. The second kappa shape index (κ2) is 12.0. The first-order valence-electron chi connectivity index (χ1n) is 12.4. The van der Waals surface area contributed by atoms with Crippen LogP contribution in [0, 0.1) is 6.92 Å². The van der Waals surface area contributed by atoms with E-state index >= 15 is 0 Å². The minimum absolute atomic E-state index is 0.0491. The Morgan fingerprint density at radius 1 is 0.944 bits per heavy atom. The maximum atomic E-state index is 13.1. The van der Waals surface area contributed by atoms with Gasteiger partial charge in [0.1, 0.15) is 6.54 Å². The van der Waals surface area contributed by atoms with Gasteiger partial charge in [-0.15, -0.1) is 10.2 Å². The van der Waals surface area contributed by atoms with E-state index in [1.54, 1.807) is 29.2 Å². The number of benzene rings is 2. The monoisotopic (exact) mass is 505 g/mol. The van der Waals surface area contributed by atoms with Crippen LogP contribution in [0.5, 0.6) is 0 Å². The Bertz CT molecular complexity index is 1180. The zero-order valence-corrected chi connectivity index (χ0v) is 21.6. The molecule has 0 unspecified atom stereocenters. The summed E-state index contributed by atoms with van der Waals surface area (Å²) >= 11 is 6.25. The minimum atomic E-state index is -0.204. The first-order chi connectivity index (χ1) is 17.5. The number of hydrogen-bond donors (Lipinski definition) is 0. The second-order valence-corrected chi connectivity index (χ2v) is 9.48. The van der Waals surface area contributed by atoms with Crippen molar-refractivity contribution in [2.24, 2.45) is 0 Å². The second-order valence-electron chi connectivity index (χ2n) is 9.07. The highest BCUT2D eigenvalue weighted by molar-refractivity contribution is 6.33. The molecular weight excluding hydrogens is 474 g/mol. The van der Waals surface area contributed by atoms with Gasteiger partial charge < -0.3 is 14.7 Å². The molecule has 2 heterocycles. The molecule has 0 radical (unpaired) electrons. The number of amides is 2. The zero-order chi connectivity index (χ0) is 25.5. The molecule has 1 fully saturated rings. The van der Waals surface area contributed by atoms with Crippen molar-refractivity contribution >= 4 is 29.2 Å². The molecule has 0 saturated carbocycles. The lowest BCUT2D eigenvalue weighted by Crippen LogP contribution is -2.52. The van der Waals surface area contributed by atoms with E-state index in [0.717, 1.165) is 29.9 Å². The van der Waals surface area contributed by atoms with E-state index in [4.69, 9.17) is 11.6 Å². The van der Waals surface area contributed by atoms with Crippen molar-refractivity contribution in [2.75, 3.05) is 44.2 Å². The van der Waals surface area contributed by atoms with E-state index in [0.29, 0.717) is 43.3 Å². The topological polar surface area (TPSA) is 69.6 Å². The van der Waals surface area contributed by atoms with Gasteiger partial charge >= 0.3 is 0 Å². The average molecular weight is 506 g/mol. The number of carbonyl (C=O) groups excluding carboxylic acids is 2. The van der Waals surface area contributed by atoms with Crippen LogP contribution in [-0.2, 0) is 4.79 Å². The number of unbranched alkanes of at least 4 members (excludes halogenated alkanes) is 1. The van der Waals surface area contributed by atoms with Crippen LogP contribution in [0.25, 0.3) is 11.3 Å². The number of piperazine rings is 1. The molecule has 36 heavy (non-hydrogen) atoms. The van der Waals surface area contributed by atoms with Gasteiger partial charge in [-0.05, 0) is 37.6 Å². The predicted octanol–water partition coefficient (Wildman–Crippen LogP) is 4.70. The summed E-state index contributed by atoms with van der Waals surface area (Å²) in [7, 11) is 0. The molecule has 7 nitrogen and oxygen atoms in total. The van der Waals surface area contributed by atoms with Gasteiger partial charge in [-0.1, -0.05) is 66.9 Å². The molecule has 1 aliphatic rings. The van der Waals surface area contributed by atoms with Crippen LogP contribution in [0.1, 0.15) is 35.7 Å². The third-order valence-electron chi connectivity index (χ3n) is 6.45. The SMILES string of the molecule is CCCCN(CC(=O)N1CCN(c2ccc(-c3ccc(C)cc3)nn2)CC1)C(=O)c1ccccc1Cl. The van der Waals surface area contributed by atoms with E-state index in [1.165, 1.54) is 5.56 Å². The van der Waals surface area contributed by atoms with Crippen LogP contribution in [0.3, 0.4) is 0 Å². The Morgan fingerprint density at radius 2 is 1.67 bits per heavy atom. The molecule has 0 atom stereocenters. The molecule has 0 spiro atoms. The highest BCUT2D eigenvalue weighted by Gasteiger charge is 2.26. The van der Waals surface area contributed by atoms with E-state index in [9.17, 15) is 9.59 Å². The molecule has 0 aliphatic carbocycles. The van der Waals surface area contributed by atoms with Crippen LogP contribution in [0.2, 0.25) is 5.02 Å². The normalized spacial score (nSPS) is 13.5. The minimum Gasteiger partial charge on any atom is -0.352 e. The van der Waals surface area contributed by atoms with Crippen LogP contribution < -0.4 is 4.90 Å². The highest BCUT2D eigenvalue weighted by atomic mass is 35.5. The summed E-state index contributed by atoms with van der Waals surface area (Å²) in [4.78, 5) is 31.8. The Hall–Kier alpha value is -3.45. The van der Waals surface area contributed by atoms with Gasteiger partial charge in [0.05, 0.1) is 16.3 Å². The zero-order valence-electron chi connectivity index (χ0n) is 20.9. The number of rotatable bonds is 8. The summed E-state index contributed by atoms with van der Waals surface area (Å²) < 4.78 is 0. The number of carbonyl (C=O) groups is 2. The fourth-order valence-electron chi connectivity index (χ4n) is 4.23. The first kappa shape index (κ1) is 25.6. The van der Waals surface area contributed by atoms with E-state index in [1.807, 2.05) is 29.2 Å². The third kappa shape index (κ3) is 6.21. The van der Waals surface area contributed by atoms with Crippen molar-refractivity contribution in [1.29, 1.82) is 0 Å². The molecule has 188 valence electrons. The van der Waals surface area contributed by atoms with Crippen LogP contribution in [-0.4, -0.2) is 71.1 Å². The van der Waals surface area contributed by atoms with Crippen molar-refractivity contribution in [1.82, 2.24) is 20.0 Å². The maximum Gasteiger partial charge on any atom is 0.255 e. The molecule has 2 aromatic carbocycles. The number of anilines is 1. The Morgan fingerprint density at radius 3 is 2.31 bits per heavy atom. The summed E-state index contributed by atoms with van der Waals surface area (Å²) in [6, 6.07) is 19.2. The lowest BCUT2D eigenvalue weighted by Gasteiger charge is -2.36. The summed E-state index contributed by atoms with van der Waals surface area (Å²) in [5, 5.41) is 9.23. The van der Waals surface area contributed by atoms with Gasteiger partial charge in [-0.3, -0.25) is 9.59 Å². The molecule has 0 N–H and O–H groups in total. The molecule has 1 aliphatic heterocycles. The number of halogens is 1. The summed E-state index contributed by atoms with van der Waals surface area (Å²) in [6.07, 6.45) is 1.76. The van der Waals surface area contributed by atoms with Crippen molar-refractivity contribution in [3.63, 3.8) is 0 Å². The van der Waals surface area contributed by atoms with Gasteiger partial charge in [0.25, 0.3) is 5.91 Å². The third-order valence-corrected chi connectivity index (χ3v) is 6.78. The van der Waals surface area contributed by atoms with Crippen molar-refractivity contribution in [3.05, 3.63) is 76.8 Å². The van der Waals surface area contributed by atoms with Crippen molar-refractivity contribution < 1.29 is 9.59 Å². The first-order valence-corrected chi connectivity index (χ1v) is 12.8. The summed E-state index contributed by atoms with van der Waals surface area (Å²) in [5.74, 6) is 0.549. The number of hydrogen-bond acceptors (Lipinski definition) is 5. The molecular formula is C28H32ClN5O2. The van der Waals surface area contributed by atoms with Gasteiger partial charge in [0.2, 0.25) is 5.91 Å². The highest BCUT2D eigenvalue weighted by Crippen LogP contribution is 2.21. The standard InChI is InChI=1S/C28H32ClN5O2/c1-3-4-15-34(28(36)23-7-5-6-8-24(23)29)20-27(35)33-18-16-32(17-19-33)26-14-13-25(30-31-26)22-11-9-21(2)10-12-22/h5-14H,3-4,15-20H2,1-2H3. The molecule has 8 heteroatoms. The van der Waals surface area contributed by atoms with Crippen LogP contribution >= 0.6 is 11.6 Å². The maximum absolute atomic E-state index is 13.1. The van der Waals surface area contributed by atoms with E-state index in [2.05, 4.69) is 41.1 Å². The number of nitrogens with zero attached hydrogens (tertiary/aromatic N) is 5. The van der Waals surface area contributed by atoms with Gasteiger partial charge in [0, 0.05) is 38.3 Å². The Kier molecular flexibility index (Phi) is 8.54. The molecule has 1 aromatic heterocycles. The number of aromatic nitrogens is 2. The quantitative estimate of drug-likeness (QED) is 0.444. The average Bonchev–Trinajstić information content (AvgIpc) is 2.91. The summed E-state index contributed by atoms with van der Waals surface area (Å²) in [6.45, 7) is 7.17. The molecule has 0 bridgehead atoms. The molecule has 1 saturated heterocycles. The van der Waals surface area contributed by atoms with Crippen LogP contribution in [0.15, 0.2) is 60.7 Å². The van der Waals surface area contributed by atoms with Gasteiger partial charge in [0.15, 0.2) is 5.82 Å². The summed E-state index contributed by atoms with van der Waals surface area (Å²) in [5.41, 5.74) is 3.51. The smallest absolute Gasteiger partial charge is 0.255 e. The molecule has 3 aromatic rings. The predicted molar refractivity (Wildman–Crippen MR) is 143 cm³/mol. The Labute approximate surface area is 217 Å². The molecule has 2 amide bonds.